The summed E-state index contributed by atoms with van der Waals surface area (Å²) in [6.07, 6.45) is 0. The SMILES string of the molecule is CC(=O)Nc1ccc(C#CCNS(=O)(=O)Cc2cccc(C)c2)cc1. The minimum absolute atomic E-state index is 0.0433. The van der Waals surface area contributed by atoms with Gasteiger partial charge in [-0.15, -0.1) is 0 Å². The summed E-state index contributed by atoms with van der Waals surface area (Å²) < 4.78 is 26.6. The molecule has 0 unspecified atom stereocenters. The Morgan fingerprint density at radius 2 is 1.84 bits per heavy atom. The lowest BCUT2D eigenvalue weighted by molar-refractivity contribution is -0.114. The van der Waals surface area contributed by atoms with E-state index in [4.69, 9.17) is 0 Å². The second-order valence-electron chi connectivity index (χ2n) is 5.63. The van der Waals surface area contributed by atoms with Gasteiger partial charge in [0.1, 0.15) is 0 Å². The van der Waals surface area contributed by atoms with Crippen molar-refractivity contribution < 1.29 is 13.2 Å². The maximum Gasteiger partial charge on any atom is 0.221 e. The molecule has 130 valence electrons. The third kappa shape index (κ3) is 6.79. The lowest BCUT2D eigenvalue weighted by atomic mass is 10.2. The Morgan fingerprint density at radius 1 is 1.12 bits per heavy atom. The van der Waals surface area contributed by atoms with Crippen LogP contribution in [-0.2, 0) is 20.6 Å². The van der Waals surface area contributed by atoms with Gasteiger partial charge in [-0.3, -0.25) is 4.79 Å². The molecule has 2 aromatic carbocycles. The van der Waals surface area contributed by atoms with Crippen LogP contribution in [0, 0.1) is 18.8 Å². The highest BCUT2D eigenvalue weighted by Gasteiger charge is 2.10. The van der Waals surface area contributed by atoms with Crippen LogP contribution >= 0.6 is 0 Å². The fourth-order valence-corrected chi connectivity index (χ4v) is 3.22. The minimum atomic E-state index is -3.43. The first kappa shape index (κ1) is 18.7. The molecule has 0 aliphatic heterocycles. The van der Waals surface area contributed by atoms with Crippen LogP contribution < -0.4 is 10.0 Å². The Morgan fingerprint density at radius 3 is 2.48 bits per heavy atom. The van der Waals surface area contributed by atoms with E-state index in [0.29, 0.717) is 5.69 Å². The molecule has 0 fully saturated rings. The predicted molar refractivity (Wildman–Crippen MR) is 99.4 cm³/mol. The van der Waals surface area contributed by atoms with Gasteiger partial charge < -0.3 is 5.32 Å². The van der Waals surface area contributed by atoms with Crippen molar-refractivity contribution in [2.45, 2.75) is 19.6 Å². The van der Waals surface area contributed by atoms with Crippen LogP contribution in [0.25, 0.3) is 0 Å². The number of sulfonamides is 1. The van der Waals surface area contributed by atoms with Crippen LogP contribution in [0.1, 0.15) is 23.6 Å². The molecule has 1 amide bonds. The molecule has 2 rings (SSSR count). The first-order chi connectivity index (χ1) is 11.8. The zero-order valence-corrected chi connectivity index (χ0v) is 15.0. The van der Waals surface area contributed by atoms with E-state index in [0.717, 1.165) is 16.7 Å². The topological polar surface area (TPSA) is 75.3 Å². The van der Waals surface area contributed by atoms with Crippen molar-refractivity contribution in [3.8, 4) is 11.8 Å². The Balaban J connectivity index is 1.89. The number of aryl methyl sites for hydroxylation is 1. The highest BCUT2D eigenvalue weighted by atomic mass is 32.2. The van der Waals surface area contributed by atoms with Crippen LogP contribution in [0.15, 0.2) is 48.5 Å². The van der Waals surface area contributed by atoms with Crippen LogP contribution in [0.2, 0.25) is 0 Å². The predicted octanol–water partition coefficient (Wildman–Crippen LogP) is 2.42. The number of carbonyl (C=O) groups is 1. The van der Waals surface area contributed by atoms with Crippen LogP contribution in [0.3, 0.4) is 0 Å². The normalized spacial score (nSPS) is 10.6. The summed E-state index contributed by atoms with van der Waals surface area (Å²) in [5.74, 6) is 5.46. The number of hydrogen-bond acceptors (Lipinski definition) is 3. The van der Waals surface area contributed by atoms with E-state index in [1.54, 1.807) is 30.3 Å². The Labute approximate surface area is 148 Å². The Bertz CT molecular complexity index is 908. The van der Waals surface area contributed by atoms with E-state index >= 15 is 0 Å². The smallest absolute Gasteiger partial charge is 0.221 e. The molecule has 0 aliphatic rings. The van der Waals surface area contributed by atoms with Crippen molar-refractivity contribution >= 4 is 21.6 Å². The molecule has 0 bridgehead atoms. The fraction of sp³-hybridized carbons (Fsp3) is 0.211. The molecule has 0 heterocycles. The van der Waals surface area contributed by atoms with E-state index in [2.05, 4.69) is 21.9 Å². The van der Waals surface area contributed by atoms with Gasteiger partial charge >= 0.3 is 0 Å². The van der Waals surface area contributed by atoms with Gasteiger partial charge in [-0.25, -0.2) is 13.1 Å². The maximum absolute atomic E-state index is 12.1. The molecular weight excluding hydrogens is 336 g/mol. The summed E-state index contributed by atoms with van der Waals surface area (Å²) in [7, 11) is -3.43. The number of nitrogens with one attached hydrogen (secondary N) is 2. The molecule has 2 N–H and O–H groups in total. The van der Waals surface area contributed by atoms with Crippen molar-refractivity contribution in [3.05, 3.63) is 65.2 Å². The van der Waals surface area contributed by atoms with E-state index in [9.17, 15) is 13.2 Å². The number of amides is 1. The van der Waals surface area contributed by atoms with Crippen LogP contribution in [0.5, 0.6) is 0 Å². The molecule has 0 radical (unpaired) electrons. The average molecular weight is 356 g/mol. The molecule has 0 saturated carbocycles. The number of benzene rings is 2. The molecule has 0 aromatic heterocycles. The number of hydrogen-bond donors (Lipinski definition) is 2. The summed E-state index contributed by atoms with van der Waals surface area (Å²) in [5, 5.41) is 2.67. The Hall–Kier alpha value is -2.62. The number of anilines is 1. The van der Waals surface area contributed by atoms with Gasteiger partial charge in [0.2, 0.25) is 15.9 Å². The van der Waals surface area contributed by atoms with E-state index in [1.165, 1.54) is 6.92 Å². The van der Waals surface area contributed by atoms with Crippen LogP contribution in [0.4, 0.5) is 5.69 Å². The second kappa shape index (κ2) is 8.47. The lowest BCUT2D eigenvalue weighted by Crippen LogP contribution is -2.25. The third-order valence-corrected chi connectivity index (χ3v) is 4.56. The fourth-order valence-electron chi connectivity index (χ4n) is 2.20. The zero-order valence-electron chi connectivity index (χ0n) is 14.2. The first-order valence-electron chi connectivity index (χ1n) is 7.73. The van der Waals surface area contributed by atoms with Crippen LogP contribution in [-0.4, -0.2) is 20.9 Å². The molecule has 5 nitrogen and oxygen atoms in total. The first-order valence-corrected chi connectivity index (χ1v) is 9.39. The second-order valence-corrected chi connectivity index (χ2v) is 7.44. The monoisotopic (exact) mass is 356 g/mol. The van der Waals surface area contributed by atoms with E-state index < -0.39 is 10.0 Å². The molecular formula is C19H20N2O3S. The van der Waals surface area contributed by atoms with Gasteiger partial charge in [0, 0.05) is 18.2 Å². The van der Waals surface area contributed by atoms with Gasteiger partial charge in [0.05, 0.1) is 12.3 Å². The van der Waals surface area contributed by atoms with Crippen molar-refractivity contribution in [1.82, 2.24) is 4.72 Å². The van der Waals surface area contributed by atoms with Gasteiger partial charge in [0.15, 0.2) is 0 Å². The quantitative estimate of drug-likeness (QED) is 0.808. The summed E-state index contributed by atoms with van der Waals surface area (Å²) >= 11 is 0. The lowest BCUT2D eigenvalue weighted by Gasteiger charge is -2.04. The molecule has 6 heteroatoms. The zero-order chi connectivity index (χ0) is 18.3. The number of rotatable bonds is 5. The Kier molecular flexibility index (Phi) is 6.34. The van der Waals surface area contributed by atoms with E-state index in [-0.39, 0.29) is 18.2 Å². The summed E-state index contributed by atoms with van der Waals surface area (Å²) in [6.45, 7) is 3.41. The van der Waals surface area contributed by atoms with Crippen molar-refractivity contribution in [2.24, 2.45) is 0 Å². The van der Waals surface area contributed by atoms with Gasteiger partial charge in [-0.05, 0) is 36.8 Å². The van der Waals surface area contributed by atoms with Crippen molar-refractivity contribution in [1.29, 1.82) is 0 Å². The molecule has 0 aliphatic carbocycles. The average Bonchev–Trinajstić information content (AvgIpc) is 2.52. The van der Waals surface area contributed by atoms with Gasteiger partial charge in [-0.1, -0.05) is 41.7 Å². The van der Waals surface area contributed by atoms with Crippen molar-refractivity contribution in [2.75, 3.05) is 11.9 Å². The third-order valence-electron chi connectivity index (χ3n) is 3.26. The van der Waals surface area contributed by atoms with Gasteiger partial charge in [-0.2, -0.15) is 0 Å². The summed E-state index contributed by atoms with van der Waals surface area (Å²) in [5.41, 5.74) is 3.20. The number of carbonyl (C=O) groups excluding carboxylic acids is 1. The summed E-state index contributed by atoms with van der Waals surface area (Å²) in [4.78, 5) is 10.9. The minimum Gasteiger partial charge on any atom is -0.326 e. The van der Waals surface area contributed by atoms with E-state index in [1.807, 2.05) is 25.1 Å². The molecule has 0 saturated heterocycles. The molecule has 0 atom stereocenters. The largest absolute Gasteiger partial charge is 0.326 e. The summed E-state index contributed by atoms with van der Waals surface area (Å²) in [6, 6.07) is 14.4. The molecule has 2 aromatic rings. The van der Waals surface area contributed by atoms with Crippen molar-refractivity contribution in [3.63, 3.8) is 0 Å². The van der Waals surface area contributed by atoms with Gasteiger partial charge in [0.25, 0.3) is 0 Å². The molecule has 0 spiro atoms. The highest BCUT2D eigenvalue weighted by molar-refractivity contribution is 7.88. The molecule has 25 heavy (non-hydrogen) atoms. The standard InChI is InChI=1S/C19H20N2O3S/c1-15-5-3-6-18(13-15)14-25(23,24)20-12-4-7-17-8-10-19(11-9-17)21-16(2)22/h3,5-6,8-11,13,20H,12,14H2,1-2H3,(H,21,22). The highest BCUT2D eigenvalue weighted by Crippen LogP contribution is 2.09. The maximum atomic E-state index is 12.1.